The van der Waals surface area contributed by atoms with Crippen LogP contribution >= 0.6 is 11.6 Å². The van der Waals surface area contributed by atoms with Crippen LogP contribution in [0.2, 0.25) is 5.02 Å². The van der Waals surface area contributed by atoms with Crippen molar-refractivity contribution in [2.24, 2.45) is 0 Å². The lowest BCUT2D eigenvalue weighted by molar-refractivity contribution is 0.508. The molecule has 0 amide bonds. The summed E-state index contributed by atoms with van der Waals surface area (Å²) in [5.41, 5.74) is 1.69. The van der Waals surface area contributed by atoms with Crippen molar-refractivity contribution in [1.82, 2.24) is 14.9 Å². The molecule has 88 valence electrons. The fourth-order valence-electron chi connectivity index (χ4n) is 2.13. The fraction of sp³-hybridized carbons (Fsp3) is 0.250. The Kier molecular flexibility index (Phi) is 2.61. The van der Waals surface area contributed by atoms with Crippen LogP contribution in [0.25, 0.3) is 11.3 Å². The number of nitrogens with one attached hydrogen (secondary N) is 1. The Morgan fingerprint density at radius 3 is 3.06 bits per heavy atom. The highest BCUT2D eigenvalue weighted by molar-refractivity contribution is 6.30. The standard InChI is InChI=1S/C12H11ClFN3/c13-9-3-8(4-10(14)5-9)11-6-16-12-7-15-1-2-17(11)12/h3-6,15H,1-2,7H2. The summed E-state index contributed by atoms with van der Waals surface area (Å²) >= 11 is 5.87. The first-order valence-electron chi connectivity index (χ1n) is 5.45. The molecule has 0 radical (unpaired) electrons. The zero-order valence-corrected chi connectivity index (χ0v) is 9.84. The second kappa shape index (κ2) is 4.13. The summed E-state index contributed by atoms with van der Waals surface area (Å²) in [7, 11) is 0. The van der Waals surface area contributed by atoms with Crippen molar-refractivity contribution in [2.45, 2.75) is 13.1 Å². The van der Waals surface area contributed by atoms with Gasteiger partial charge in [-0.25, -0.2) is 9.37 Å². The highest BCUT2D eigenvalue weighted by atomic mass is 35.5. The average Bonchev–Trinajstić information content (AvgIpc) is 2.71. The first-order chi connectivity index (χ1) is 8.24. The highest BCUT2D eigenvalue weighted by Gasteiger charge is 2.15. The van der Waals surface area contributed by atoms with Crippen LogP contribution in [0.15, 0.2) is 24.4 Å². The largest absolute Gasteiger partial charge is 0.326 e. The van der Waals surface area contributed by atoms with Crippen LogP contribution in [0.3, 0.4) is 0 Å². The Hall–Kier alpha value is -1.39. The van der Waals surface area contributed by atoms with Crippen molar-refractivity contribution < 1.29 is 4.39 Å². The zero-order valence-electron chi connectivity index (χ0n) is 9.08. The summed E-state index contributed by atoms with van der Waals surface area (Å²) in [6.45, 7) is 2.50. The summed E-state index contributed by atoms with van der Waals surface area (Å²) in [5, 5.41) is 3.65. The molecule has 3 rings (SSSR count). The Bertz CT molecular complexity index is 545. The number of imidazole rings is 1. The Labute approximate surface area is 103 Å². The molecule has 0 bridgehead atoms. The van der Waals surface area contributed by atoms with Crippen LogP contribution in [0.5, 0.6) is 0 Å². The first kappa shape index (κ1) is 10.7. The monoisotopic (exact) mass is 251 g/mol. The highest BCUT2D eigenvalue weighted by Crippen LogP contribution is 2.26. The number of hydrogen-bond donors (Lipinski definition) is 1. The third kappa shape index (κ3) is 1.94. The maximum atomic E-state index is 13.3. The lowest BCUT2D eigenvalue weighted by Crippen LogP contribution is -2.28. The molecule has 2 aromatic rings. The molecule has 1 aromatic carbocycles. The van der Waals surface area contributed by atoms with Crippen molar-refractivity contribution >= 4 is 11.6 Å². The third-order valence-electron chi connectivity index (χ3n) is 2.89. The van der Waals surface area contributed by atoms with Crippen LogP contribution < -0.4 is 5.32 Å². The molecular formula is C12H11ClFN3. The average molecular weight is 252 g/mol. The molecule has 0 spiro atoms. The number of fused-ring (bicyclic) bond motifs is 1. The van der Waals surface area contributed by atoms with E-state index in [1.807, 2.05) is 0 Å². The van der Waals surface area contributed by atoms with E-state index in [1.165, 1.54) is 12.1 Å². The summed E-state index contributed by atoms with van der Waals surface area (Å²) in [5.74, 6) is 0.656. The van der Waals surface area contributed by atoms with Crippen LogP contribution in [-0.4, -0.2) is 16.1 Å². The Morgan fingerprint density at radius 1 is 1.35 bits per heavy atom. The van der Waals surface area contributed by atoms with Gasteiger partial charge in [0.1, 0.15) is 11.6 Å². The number of rotatable bonds is 1. The van der Waals surface area contributed by atoms with Crippen molar-refractivity contribution in [3.05, 3.63) is 41.1 Å². The van der Waals surface area contributed by atoms with Crippen LogP contribution in [0.1, 0.15) is 5.82 Å². The molecule has 1 aromatic heterocycles. The molecular weight excluding hydrogens is 241 g/mol. The van der Waals surface area contributed by atoms with Gasteiger partial charge in [-0.3, -0.25) is 0 Å². The van der Waals surface area contributed by atoms with Gasteiger partial charge in [-0.1, -0.05) is 11.6 Å². The smallest absolute Gasteiger partial charge is 0.125 e. The second-order valence-electron chi connectivity index (χ2n) is 4.05. The van der Waals surface area contributed by atoms with Gasteiger partial charge >= 0.3 is 0 Å². The van der Waals surface area contributed by atoms with Gasteiger partial charge in [0.2, 0.25) is 0 Å². The molecule has 0 aliphatic carbocycles. The molecule has 1 aliphatic heterocycles. The molecule has 17 heavy (non-hydrogen) atoms. The Morgan fingerprint density at radius 2 is 2.24 bits per heavy atom. The lowest BCUT2D eigenvalue weighted by Gasteiger charge is -2.17. The molecule has 0 saturated carbocycles. The van der Waals surface area contributed by atoms with E-state index >= 15 is 0 Å². The molecule has 1 N–H and O–H groups in total. The quantitative estimate of drug-likeness (QED) is 0.844. The molecule has 1 aliphatic rings. The van der Waals surface area contributed by atoms with Gasteiger partial charge in [0.05, 0.1) is 18.4 Å². The molecule has 0 saturated heterocycles. The molecule has 3 nitrogen and oxygen atoms in total. The molecule has 0 unspecified atom stereocenters. The van der Waals surface area contributed by atoms with E-state index in [-0.39, 0.29) is 5.82 Å². The topological polar surface area (TPSA) is 29.9 Å². The maximum absolute atomic E-state index is 13.3. The molecule has 2 heterocycles. The number of hydrogen-bond acceptors (Lipinski definition) is 2. The zero-order chi connectivity index (χ0) is 11.8. The van der Waals surface area contributed by atoms with Crippen molar-refractivity contribution in [3.8, 4) is 11.3 Å². The summed E-state index contributed by atoms with van der Waals surface area (Å²) in [4.78, 5) is 4.33. The van der Waals surface area contributed by atoms with E-state index in [1.54, 1.807) is 12.3 Å². The van der Waals surface area contributed by atoms with Crippen LogP contribution in [-0.2, 0) is 13.1 Å². The van der Waals surface area contributed by atoms with Gasteiger partial charge in [0, 0.05) is 23.7 Å². The normalized spacial score (nSPS) is 14.7. The van der Waals surface area contributed by atoms with E-state index in [2.05, 4.69) is 14.9 Å². The minimum absolute atomic E-state index is 0.322. The molecule has 5 heteroatoms. The first-order valence-corrected chi connectivity index (χ1v) is 5.83. The number of nitrogens with zero attached hydrogens (tertiary/aromatic N) is 2. The van der Waals surface area contributed by atoms with E-state index < -0.39 is 0 Å². The fourth-order valence-corrected chi connectivity index (χ4v) is 2.35. The lowest BCUT2D eigenvalue weighted by atomic mass is 10.1. The predicted molar refractivity (Wildman–Crippen MR) is 64.3 cm³/mol. The maximum Gasteiger partial charge on any atom is 0.125 e. The van der Waals surface area contributed by atoms with Gasteiger partial charge in [-0.05, 0) is 18.2 Å². The van der Waals surface area contributed by atoms with E-state index in [4.69, 9.17) is 11.6 Å². The van der Waals surface area contributed by atoms with Crippen molar-refractivity contribution in [3.63, 3.8) is 0 Å². The van der Waals surface area contributed by atoms with Gasteiger partial charge in [-0.15, -0.1) is 0 Å². The molecule has 0 fully saturated rings. The van der Waals surface area contributed by atoms with Gasteiger partial charge < -0.3 is 9.88 Å². The van der Waals surface area contributed by atoms with E-state index in [0.29, 0.717) is 5.02 Å². The SMILES string of the molecule is Fc1cc(Cl)cc(-c2cnc3n2CCNC3)c1. The number of benzene rings is 1. The number of aromatic nitrogens is 2. The van der Waals surface area contributed by atoms with Crippen LogP contribution in [0, 0.1) is 5.82 Å². The summed E-state index contributed by atoms with van der Waals surface area (Å²) in [6, 6.07) is 4.55. The second-order valence-corrected chi connectivity index (χ2v) is 4.48. The number of halogens is 2. The molecule has 0 atom stereocenters. The Balaban J connectivity index is 2.11. The van der Waals surface area contributed by atoms with Gasteiger partial charge in [0.15, 0.2) is 0 Å². The van der Waals surface area contributed by atoms with Crippen molar-refractivity contribution in [2.75, 3.05) is 6.54 Å². The van der Waals surface area contributed by atoms with Crippen LogP contribution in [0.4, 0.5) is 4.39 Å². The van der Waals surface area contributed by atoms with Gasteiger partial charge in [-0.2, -0.15) is 0 Å². The summed E-state index contributed by atoms with van der Waals surface area (Å²) < 4.78 is 15.4. The van der Waals surface area contributed by atoms with E-state index in [0.717, 1.165) is 36.7 Å². The van der Waals surface area contributed by atoms with Crippen molar-refractivity contribution in [1.29, 1.82) is 0 Å². The third-order valence-corrected chi connectivity index (χ3v) is 3.11. The summed E-state index contributed by atoms with van der Waals surface area (Å²) in [6.07, 6.45) is 1.77. The predicted octanol–water partition coefficient (Wildman–Crippen LogP) is 2.45. The van der Waals surface area contributed by atoms with Gasteiger partial charge in [0.25, 0.3) is 0 Å². The van der Waals surface area contributed by atoms with E-state index in [9.17, 15) is 4.39 Å². The minimum Gasteiger partial charge on any atom is -0.326 e. The minimum atomic E-state index is -0.322.